The van der Waals surface area contributed by atoms with Gasteiger partial charge in [0.25, 0.3) is 0 Å². The lowest BCUT2D eigenvalue weighted by Gasteiger charge is -2.40. The number of hydroxylamine groups is 1. The second-order valence-electron chi connectivity index (χ2n) is 8.19. The Kier molecular flexibility index (Phi) is 8.50. The number of hydrogen-bond acceptors (Lipinski definition) is 5. The number of carbonyl (C=O) groups is 2. The molecule has 0 bridgehead atoms. The van der Waals surface area contributed by atoms with Crippen LogP contribution in [0.2, 0.25) is 5.02 Å². The molecule has 2 aromatic rings. The van der Waals surface area contributed by atoms with Crippen LogP contribution in [0.15, 0.2) is 48.5 Å². The van der Waals surface area contributed by atoms with Crippen molar-refractivity contribution in [2.45, 2.75) is 32.1 Å². The normalized spacial score (nSPS) is 15.7. The largest absolute Gasteiger partial charge is 0.457 e. The van der Waals surface area contributed by atoms with Crippen LogP contribution in [0.3, 0.4) is 0 Å². The van der Waals surface area contributed by atoms with Crippen LogP contribution in [0.5, 0.6) is 11.5 Å². The third-order valence-electron chi connectivity index (χ3n) is 6.20. The van der Waals surface area contributed by atoms with Crippen LogP contribution in [-0.4, -0.2) is 48.6 Å². The van der Waals surface area contributed by atoms with E-state index < -0.39 is 5.41 Å². The average Bonchev–Trinajstić information content (AvgIpc) is 2.83. The minimum atomic E-state index is -0.614. The third-order valence-corrected chi connectivity index (χ3v) is 6.45. The van der Waals surface area contributed by atoms with E-state index in [0.29, 0.717) is 49.4 Å². The first-order valence-electron chi connectivity index (χ1n) is 10.8. The van der Waals surface area contributed by atoms with Crippen molar-refractivity contribution in [1.29, 1.82) is 0 Å². The van der Waals surface area contributed by atoms with E-state index >= 15 is 0 Å². The summed E-state index contributed by atoms with van der Waals surface area (Å²) in [4.78, 5) is 26.2. The molecule has 1 aliphatic heterocycles. The maximum Gasteiger partial charge on any atom is 0.249 e. The van der Waals surface area contributed by atoms with Crippen LogP contribution in [0, 0.1) is 5.41 Å². The van der Waals surface area contributed by atoms with Gasteiger partial charge in [-0.3, -0.25) is 14.8 Å². The molecule has 2 amide bonds. The predicted octanol–water partition coefficient (Wildman–Crippen LogP) is 3.79. The lowest BCUT2D eigenvalue weighted by Crippen LogP contribution is -2.49. The number of hydrogen-bond donors (Lipinski definition) is 3. The summed E-state index contributed by atoms with van der Waals surface area (Å²) in [5, 5.41) is 12.6. The van der Waals surface area contributed by atoms with Crippen molar-refractivity contribution < 1.29 is 19.5 Å². The second kappa shape index (κ2) is 11.3. The number of benzene rings is 2. The Morgan fingerprint density at radius 1 is 1.06 bits per heavy atom. The number of nitrogens with one attached hydrogen (secondary N) is 2. The van der Waals surface area contributed by atoms with E-state index in [1.165, 1.54) is 0 Å². The lowest BCUT2D eigenvalue weighted by atomic mass is 9.73. The predicted molar refractivity (Wildman–Crippen MR) is 123 cm³/mol. The van der Waals surface area contributed by atoms with E-state index in [4.69, 9.17) is 16.3 Å². The Balaban J connectivity index is 1.56. The summed E-state index contributed by atoms with van der Waals surface area (Å²) in [6.07, 6.45) is 3.09. The summed E-state index contributed by atoms with van der Waals surface area (Å²) in [6, 6.07) is 15.0. The van der Waals surface area contributed by atoms with Gasteiger partial charge in [-0.15, -0.1) is 0 Å². The van der Waals surface area contributed by atoms with Crippen molar-refractivity contribution in [3.05, 3.63) is 59.1 Å². The highest BCUT2D eigenvalue weighted by Gasteiger charge is 2.40. The van der Waals surface area contributed by atoms with Crippen molar-refractivity contribution in [2.75, 3.05) is 26.7 Å². The van der Waals surface area contributed by atoms with Crippen molar-refractivity contribution in [3.63, 3.8) is 0 Å². The summed E-state index contributed by atoms with van der Waals surface area (Å²) < 4.78 is 5.83. The maximum absolute atomic E-state index is 12.5. The van der Waals surface area contributed by atoms with Gasteiger partial charge in [0.1, 0.15) is 11.5 Å². The first kappa shape index (κ1) is 24.0. The Bertz CT molecular complexity index is 894. The molecule has 1 fully saturated rings. The summed E-state index contributed by atoms with van der Waals surface area (Å²) >= 11 is 5.90. The highest BCUT2D eigenvalue weighted by molar-refractivity contribution is 6.30. The fourth-order valence-electron chi connectivity index (χ4n) is 4.05. The van der Waals surface area contributed by atoms with Crippen LogP contribution in [0.1, 0.15) is 31.2 Å². The van der Waals surface area contributed by atoms with E-state index in [-0.39, 0.29) is 11.8 Å². The molecule has 0 aromatic heterocycles. The molecule has 1 saturated heterocycles. The molecule has 172 valence electrons. The van der Waals surface area contributed by atoms with Gasteiger partial charge in [0.2, 0.25) is 11.8 Å². The lowest BCUT2D eigenvalue weighted by molar-refractivity contribution is -0.143. The van der Waals surface area contributed by atoms with Gasteiger partial charge in [0.15, 0.2) is 0 Å². The van der Waals surface area contributed by atoms with Gasteiger partial charge in [-0.1, -0.05) is 23.7 Å². The van der Waals surface area contributed by atoms with E-state index in [1.54, 1.807) is 19.2 Å². The van der Waals surface area contributed by atoms with Crippen molar-refractivity contribution in [1.82, 2.24) is 15.7 Å². The highest BCUT2D eigenvalue weighted by Crippen LogP contribution is 2.37. The van der Waals surface area contributed by atoms with Gasteiger partial charge in [0.05, 0.1) is 5.41 Å². The number of amides is 2. The first-order valence-corrected chi connectivity index (χ1v) is 11.2. The Labute approximate surface area is 193 Å². The summed E-state index contributed by atoms with van der Waals surface area (Å²) in [7, 11) is 1.63. The second-order valence-corrected chi connectivity index (χ2v) is 8.62. The molecule has 7 nitrogen and oxygen atoms in total. The quantitative estimate of drug-likeness (QED) is 0.392. The maximum atomic E-state index is 12.5. The molecule has 3 N–H and O–H groups in total. The molecule has 8 heteroatoms. The number of likely N-dealkylation sites (tertiary alicyclic amines) is 1. The standard InChI is InChI=1S/C24H30ClN3O4/c1-26-22(29)11-15-28-16-13-24(14-17-28,23(30)27-31)12-10-18-2-6-20(7-3-18)32-21-8-4-19(25)5-9-21/h2-9,31H,10-17H2,1H3,(H,26,29)(H,27,30). The minimum Gasteiger partial charge on any atom is -0.457 e. The summed E-state index contributed by atoms with van der Waals surface area (Å²) in [5.74, 6) is 1.12. The molecule has 0 atom stereocenters. The average molecular weight is 460 g/mol. The molecule has 1 aliphatic rings. The zero-order valence-electron chi connectivity index (χ0n) is 18.3. The number of carbonyl (C=O) groups excluding carboxylic acids is 2. The fraction of sp³-hybridized carbons (Fsp3) is 0.417. The first-order chi connectivity index (χ1) is 15.4. The zero-order chi connectivity index (χ0) is 23.0. The molecular weight excluding hydrogens is 430 g/mol. The smallest absolute Gasteiger partial charge is 0.249 e. The number of ether oxygens (including phenoxy) is 1. The molecular formula is C24H30ClN3O4. The van der Waals surface area contributed by atoms with Crippen LogP contribution in [0.4, 0.5) is 0 Å². The summed E-state index contributed by atoms with van der Waals surface area (Å²) in [6.45, 7) is 2.11. The van der Waals surface area contributed by atoms with Gasteiger partial charge in [-0.25, -0.2) is 5.48 Å². The number of nitrogens with zero attached hydrogens (tertiary/aromatic N) is 1. The molecule has 0 aliphatic carbocycles. The molecule has 2 aromatic carbocycles. The molecule has 1 heterocycles. The number of piperidine rings is 1. The number of halogens is 1. The SMILES string of the molecule is CNC(=O)CCN1CCC(CCc2ccc(Oc3ccc(Cl)cc3)cc2)(C(=O)NO)CC1. The topological polar surface area (TPSA) is 90.9 Å². The van der Waals surface area contributed by atoms with Crippen molar-refractivity contribution >= 4 is 23.4 Å². The van der Waals surface area contributed by atoms with E-state index in [9.17, 15) is 14.8 Å². The Hall–Kier alpha value is -2.61. The van der Waals surface area contributed by atoms with E-state index in [1.807, 2.05) is 41.9 Å². The Morgan fingerprint density at radius 3 is 2.22 bits per heavy atom. The zero-order valence-corrected chi connectivity index (χ0v) is 19.0. The number of rotatable bonds is 9. The Morgan fingerprint density at radius 2 is 1.66 bits per heavy atom. The van der Waals surface area contributed by atoms with Gasteiger partial charge >= 0.3 is 0 Å². The molecule has 0 unspecified atom stereocenters. The molecule has 0 spiro atoms. The van der Waals surface area contributed by atoms with E-state index in [2.05, 4.69) is 10.2 Å². The van der Waals surface area contributed by atoms with Crippen molar-refractivity contribution in [2.24, 2.45) is 5.41 Å². The molecule has 32 heavy (non-hydrogen) atoms. The van der Waals surface area contributed by atoms with Gasteiger partial charge in [-0.05, 0) is 80.7 Å². The van der Waals surface area contributed by atoms with Gasteiger partial charge < -0.3 is 15.0 Å². The summed E-state index contributed by atoms with van der Waals surface area (Å²) in [5.41, 5.74) is 2.36. The minimum absolute atomic E-state index is 0.0124. The van der Waals surface area contributed by atoms with Gasteiger partial charge in [0, 0.05) is 25.0 Å². The molecule has 0 radical (unpaired) electrons. The van der Waals surface area contributed by atoms with E-state index in [0.717, 1.165) is 24.4 Å². The fourth-order valence-corrected chi connectivity index (χ4v) is 4.17. The van der Waals surface area contributed by atoms with Crippen LogP contribution < -0.4 is 15.5 Å². The number of aryl methyl sites for hydroxylation is 1. The molecule has 0 saturated carbocycles. The van der Waals surface area contributed by atoms with Crippen molar-refractivity contribution in [3.8, 4) is 11.5 Å². The van der Waals surface area contributed by atoms with Gasteiger partial charge in [-0.2, -0.15) is 0 Å². The van der Waals surface area contributed by atoms with Crippen LogP contribution >= 0.6 is 11.6 Å². The molecule has 3 rings (SSSR count). The van der Waals surface area contributed by atoms with Crippen LogP contribution in [0.25, 0.3) is 0 Å². The van der Waals surface area contributed by atoms with Crippen LogP contribution in [-0.2, 0) is 16.0 Å². The monoisotopic (exact) mass is 459 g/mol. The highest BCUT2D eigenvalue weighted by atomic mass is 35.5. The third kappa shape index (κ3) is 6.45.